The first-order valence-corrected chi connectivity index (χ1v) is 10.8. The van der Waals surface area contributed by atoms with Gasteiger partial charge in [0.1, 0.15) is 5.92 Å². The zero-order valence-electron chi connectivity index (χ0n) is 15.9. The Morgan fingerprint density at radius 2 is 1.08 bits per heavy atom. The molecule has 3 heteroatoms. The molecule has 0 radical (unpaired) electrons. The quantitative estimate of drug-likeness (QED) is 0.208. The summed E-state index contributed by atoms with van der Waals surface area (Å²) in [5.74, 6) is -0.500. The van der Waals surface area contributed by atoms with E-state index in [0.29, 0.717) is 6.42 Å². The second-order valence-electron chi connectivity index (χ2n) is 7.11. The van der Waals surface area contributed by atoms with Crippen LogP contribution in [0.5, 0.6) is 0 Å². The molecule has 0 saturated carbocycles. The van der Waals surface area contributed by atoms with E-state index in [1.165, 1.54) is 89.9 Å². The van der Waals surface area contributed by atoms with Gasteiger partial charge in [-0.05, 0) is 6.42 Å². The van der Waals surface area contributed by atoms with Crippen LogP contribution in [-0.4, -0.2) is 5.12 Å². The highest BCUT2D eigenvalue weighted by molar-refractivity contribution is 7.96. The zero-order chi connectivity index (χ0) is 17.9. The van der Waals surface area contributed by atoms with E-state index in [2.05, 4.69) is 19.6 Å². The number of rotatable bonds is 18. The molecule has 24 heavy (non-hydrogen) atoms. The number of nitrogens with zero attached hydrogens (tertiary/aromatic N) is 1. The first-order chi connectivity index (χ1) is 11.7. The maximum atomic E-state index is 11.0. The summed E-state index contributed by atoms with van der Waals surface area (Å²) in [6.07, 6.45) is 22.1. The van der Waals surface area contributed by atoms with Gasteiger partial charge in [-0.3, -0.25) is 4.79 Å². The first-order valence-electron chi connectivity index (χ1n) is 10.3. The molecule has 0 aliphatic heterocycles. The van der Waals surface area contributed by atoms with E-state index in [1.54, 1.807) is 0 Å². The highest BCUT2D eigenvalue weighted by atomic mass is 32.1. The van der Waals surface area contributed by atoms with Gasteiger partial charge in [0.15, 0.2) is 0 Å². The predicted octanol–water partition coefficient (Wildman–Crippen LogP) is 7.23. The number of carbonyl (C=O) groups excluding carboxylic acids is 1. The van der Waals surface area contributed by atoms with E-state index < -0.39 is 5.92 Å². The van der Waals surface area contributed by atoms with Crippen LogP contribution in [0.3, 0.4) is 0 Å². The van der Waals surface area contributed by atoms with Gasteiger partial charge in [-0.25, -0.2) is 0 Å². The average Bonchev–Trinajstić information content (AvgIpc) is 2.57. The van der Waals surface area contributed by atoms with E-state index in [1.807, 2.05) is 6.07 Å². The predicted molar refractivity (Wildman–Crippen MR) is 107 cm³/mol. The van der Waals surface area contributed by atoms with Crippen LogP contribution in [0.25, 0.3) is 0 Å². The molecule has 0 aliphatic carbocycles. The fourth-order valence-electron chi connectivity index (χ4n) is 3.14. The summed E-state index contributed by atoms with van der Waals surface area (Å²) in [4.78, 5) is 11.0. The van der Waals surface area contributed by atoms with Crippen molar-refractivity contribution < 1.29 is 4.79 Å². The van der Waals surface area contributed by atoms with E-state index in [9.17, 15) is 4.79 Å². The lowest BCUT2D eigenvalue weighted by Crippen LogP contribution is -2.05. The number of nitriles is 1. The Labute approximate surface area is 156 Å². The van der Waals surface area contributed by atoms with Gasteiger partial charge in [0.05, 0.1) is 6.07 Å². The van der Waals surface area contributed by atoms with Crippen molar-refractivity contribution >= 4 is 17.7 Å². The van der Waals surface area contributed by atoms with Crippen LogP contribution in [0.15, 0.2) is 0 Å². The highest BCUT2D eigenvalue weighted by Crippen LogP contribution is 2.16. The Hall–Kier alpha value is -0.490. The van der Waals surface area contributed by atoms with Gasteiger partial charge in [0.25, 0.3) is 0 Å². The van der Waals surface area contributed by atoms with Crippen LogP contribution in [0.2, 0.25) is 0 Å². The maximum absolute atomic E-state index is 11.0. The van der Waals surface area contributed by atoms with E-state index in [-0.39, 0.29) is 5.12 Å². The SMILES string of the molecule is CCCCCCCCCCCCCCCCCCC(C#N)C(=O)S. The monoisotopic (exact) mass is 353 g/mol. The first kappa shape index (κ1) is 23.5. The summed E-state index contributed by atoms with van der Waals surface area (Å²) in [6, 6.07) is 2.03. The van der Waals surface area contributed by atoms with Gasteiger partial charge in [0, 0.05) is 0 Å². The third-order valence-electron chi connectivity index (χ3n) is 4.80. The Morgan fingerprint density at radius 1 is 0.750 bits per heavy atom. The van der Waals surface area contributed by atoms with Crippen LogP contribution in [-0.2, 0) is 4.79 Å². The van der Waals surface area contributed by atoms with Crippen LogP contribution >= 0.6 is 12.6 Å². The minimum atomic E-state index is -0.500. The zero-order valence-corrected chi connectivity index (χ0v) is 16.8. The molecule has 0 spiro atoms. The van der Waals surface area contributed by atoms with Crippen LogP contribution in [0, 0.1) is 17.2 Å². The van der Waals surface area contributed by atoms with E-state index in [4.69, 9.17) is 5.26 Å². The molecule has 0 aliphatic rings. The normalized spacial score (nSPS) is 12.0. The van der Waals surface area contributed by atoms with Gasteiger partial charge in [0.2, 0.25) is 5.12 Å². The van der Waals surface area contributed by atoms with Gasteiger partial charge < -0.3 is 0 Å². The second kappa shape index (κ2) is 18.8. The van der Waals surface area contributed by atoms with Crippen LogP contribution in [0.1, 0.15) is 116 Å². The lowest BCUT2D eigenvalue weighted by molar-refractivity contribution is -0.112. The van der Waals surface area contributed by atoms with Crippen molar-refractivity contribution in [3.05, 3.63) is 0 Å². The van der Waals surface area contributed by atoms with Crippen molar-refractivity contribution in [1.29, 1.82) is 5.26 Å². The molecule has 0 amide bonds. The Morgan fingerprint density at radius 3 is 1.38 bits per heavy atom. The van der Waals surface area contributed by atoms with E-state index >= 15 is 0 Å². The molecule has 0 bridgehead atoms. The molecule has 0 rings (SSSR count). The molecule has 0 heterocycles. The molecule has 1 atom stereocenters. The number of hydrogen-bond donors (Lipinski definition) is 1. The molecular formula is C21H39NOS. The molecule has 0 aromatic carbocycles. The molecular weight excluding hydrogens is 314 g/mol. The van der Waals surface area contributed by atoms with Gasteiger partial charge in [-0.2, -0.15) is 5.26 Å². The summed E-state index contributed by atoms with van der Waals surface area (Å²) < 4.78 is 0. The van der Waals surface area contributed by atoms with Crippen molar-refractivity contribution in [2.45, 2.75) is 116 Å². The number of thiol groups is 1. The number of unbranched alkanes of at least 4 members (excludes halogenated alkanes) is 15. The lowest BCUT2D eigenvalue weighted by atomic mass is 10.0. The molecule has 2 nitrogen and oxygen atoms in total. The van der Waals surface area contributed by atoms with Crippen molar-refractivity contribution in [2.24, 2.45) is 5.92 Å². The summed E-state index contributed by atoms with van der Waals surface area (Å²) in [5, 5.41) is 8.52. The fourth-order valence-corrected chi connectivity index (χ4v) is 3.33. The second-order valence-corrected chi connectivity index (χ2v) is 7.55. The van der Waals surface area contributed by atoms with E-state index in [0.717, 1.165) is 12.8 Å². The third-order valence-corrected chi connectivity index (χ3v) is 5.11. The summed E-state index contributed by atoms with van der Waals surface area (Å²) in [6.45, 7) is 2.27. The largest absolute Gasteiger partial charge is 0.286 e. The fraction of sp³-hybridized carbons (Fsp3) is 0.905. The van der Waals surface area contributed by atoms with Crippen molar-refractivity contribution in [3.8, 4) is 6.07 Å². The van der Waals surface area contributed by atoms with Gasteiger partial charge in [-0.15, -0.1) is 12.6 Å². The standard InChI is InChI=1S/C21H39NOS/c1-2-3-4-5-6-7-8-9-10-11-12-13-14-15-16-17-18-20(19-22)21(23)24/h20H,2-18H2,1H3,(H,23,24). The van der Waals surface area contributed by atoms with Gasteiger partial charge >= 0.3 is 0 Å². The summed E-state index contributed by atoms with van der Waals surface area (Å²) in [5.41, 5.74) is 0. The number of carbonyl (C=O) groups is 1. The molecule has 0 aromatic rings. The number of hydrogen-bond acceptors (Lipinski definition) is 2. The lowest BCUT2D eigenvalue weighted by Gasteiger charge is -2.05. The molecule has 0 N–H and O–H groups in total. The summed E-state index contributed by atoms with van der Waals surface area (Å²) in [7, 11) is 0. The molecule has 1 unspecified atom stereocenters. The average molecular weight is 354 g/mol. The van der Waals surface area contributed by atoms with Gasteiger partial charge in [-0.1, -0.05) is 110 Å². The van der Waals surface area contributed by atoms with Crippen molar-refractivity contribution in [1.82, 2.24) is 0 Å². The molecule has 140 valence electrons. The molecule has 0 saturated heterocycles. The summed E-state index contributed by atoms with van der Waals surface area (Å²) >= 11 is 3.74. The third kappa shape index (κ3) is 16.4. The Balaban J connectivity index is 3.13. The maximum Gasteiger partial charge on any atom is 0.203 e. The highest BCUT2D eigenvalue weighted by Gasteiger charge is 2.12. The molecule has 0 fully saturated rings. The van der Waals surface area contributed by atoms with Crippen LogP contribution in [0.4, 0.5) is 0 Å². The molecule has 0 aromatic heterocycles. The van der Waals surface area contributed by atoms with Crippen molar-refractivity contribution in [2.75, 3.05) is 0 Å². The topological polar surface area (TPSA) is 40.9 Å². The Kier molecular flexibility index (Phi) is 18.5. The van der Waals surface area contributed by atoms with Crippen molar-refractivity contribution in [3.63, 3.8) is 0 Å². The van der Waals surface area contributed by atoms with Crippen LogP contribution < -0.4 is 0 Å². The minimum Gasteiger partial charge on any atom is -0.286 e. The minimum absolute atomic E-state index is 0.279. The smallest absolute Gasteiger partial charge is 0.203 e. The Bertz CT molecular complexity index is 324.